The van der Waals surface area contributed by atoms with Crippen molar-refractivity contribution < 1.29 is 0 Å². The third-order valence-electron chi connectivity index (χ3n) is 3.03. The highest BCUT2D eigenvalue weighted by molar-refractivity contribution is 5.08. The first-order valence-electron chi connectivity index (χ1n) is 6.46. The zero-order chi connectivity index (χ0) is 13.8. The fourth-order valence-corrected chi connectivity index (χ4v) is 1.97. The van der Waals surface area contributed by atoms with Gasteiger partial charge in [0.25, 0.3) is 0 Å². The van der Waals surface area contributed by atoms with Crippen LogP contribution in [0.3, 0.4) is 0 Å². The van der Waals surface area contributed by atoms with Crippen LogP contribution in [0.5, 0.6) is 0 Å². The monoisotopic (exact) mass is 260 g/mol. The molecule has 2 heterocycles. The zero-order valence-corrected chi connectivity index (χ0v) is 11.8. The summed E-state index contributed by atoms with van der Waals surface area (Å²) in [6, 6.07) is 0.397. The molecule has 0 radical (unpaired) electrons. The SMILES string of the molecule is CNC(Cc1ncnn1C(C)C)c1cnc(C)cn1. The summed E-state index contributed by atoms with van der Waals surface area (Å²) in [6.07, 6.45) is 5.94. The van der Waals surface area contributed by atoms with Gasteiger partial charge in [0, 0.05) is 18.7 Å². The third-order valence-corrected chi connectivity index (χ3v) is 3.03. The molecule has 0 bridgehead atoms. The maximum atomic E-state index is 4.42. The van der Waals surface area contributed by atoms with Crippen LogP contribution in [0.4, 0.5) is 0 Å². The van der Waals surface area contributed by atoms with Crippen molar-refractivity contribution >= 4 is 0 Å². The van der Waals surface area contributed by atoms with Crippen LogP contribution in [-0.2, 0) is 6.42 Å². The van der Waals surface area contributed by atoms with Gasteiger partial charge in [-0.1, -0.05) is 0 Å². The lowest BCUT2D eigenvalue weighted by Crippen LogP contribution is -2.22. The Morgan fingerprint density at radius 2 is 2.00 bits per heavy atom. The van der Waals surface area contributed by atoms with Crippen LogP contribution in [0, 0.1) is 6.92 Å². The molecule has 2 rings (SSSR count). The molecule has 0 aliphatic rings. The minimum absolute atomic E-state index is 0.0924. The number of aromatic nitrogens is 5. The van der Waals surface area contributed by atoms with E-state index in [4.69, 9.17) is 0 Å². The molecule has 0 amide bonds. The fraction of sp³-hybridized carbons (Fsp3) is 0.538. The largest absolute Gasteiger partial charge is 0.311 e. The van der Waals surface area contributed by atoms with Gasteiger partial charge in [-0.2, -0.15) is 5.10 Å². The molecule has 19 heavy (non-hydrogen) atoms. The first-order chi connectivity index (χ1) is 9.11. The minimum Gasteiger partial charge on any atom is -0.311 e. The Morgan fingerprint density at radius 3 is 2.58 bits per heavy atom. The smallest absolute Gasteiger partial charge is 0.138 e. The molecule has 102 valence electrons. The number of aryl methyl sites for hydroxylation is 1. The van der Waals surface area contributed by atoms with Crippen LogP contribution >= 0.6 is 0 Å². The molecule has 0 aromatic carbocycles. The average Bonchev–Trinajstić information content (AvgIpc) is 2.85. The normalized spacial score (nSPS) is 12.9. The number of nitrogens with zero attached hydrogens (tertiary/aromatic N) is 5. The second-order valence-electron chi connectivity index (χ2n) is 4.84. The highest BCUT2D eigenvalue weighted by atomic mass is 15.3. The summed E-state index contributed by atoms with van der Waals surface area (Å²) in [7, 11) is 1.92. The molecule has 6 nitrogen and oxygen atoms in total. The van der Waals surface area contributed by atoms with Crippen LogP contribution in [0.15, 0.2) is 18.7 Å². The van der Waals surface area contributed by atoms with E-state index in [0.29, 0.717) is 6.04 Å². The van der Waals surface area contributed by atoms with E-state index in [0.717, 1.165) is 23.6 Å². The first kappa shape index (κ1) is 13.6. The Bertz CT molecular complexity index is 516. The van der Waals surface area contributed by atoms with Crippen molar-refractivity contribution in [3.63, 3.8) is 0 Å². The van der Waals surface area contributed by atoms with Crippen molar-refractivity contribution in [1.82, 2.24) is 30.0 Å². The molecule has 0 fully saturated rings. The number of nitrogens with one attached hydrogen (secondary N) is 1. The number of likely N-dealkylation sites (N-methyl/N-ethyl adjacent to an activating group) is 1. The van der Waals surface area contributed by atoms with E-state index in [1.165, 1.54) is 0 Å². The predicted octanol–water partition coefficient (Wildman–Crippen LogP) is 1.46. The fourth-order valence-electron chi connectivity index (χ4n) is 1.97. The van der Waals surface area contributed by atoms with Crippen molar-refractivity contribution in [3.8, 4) is 0 Å². The Morgan fingerprint density at radius 1 is 1.21 bits per heavy atom. The lowest BCUT2D eigenvalue weighted by Gasteiger charge is -2.16. The van der Waals surface area contributed by atoms with Gasteiger partial charge in [-0.25, -0.2) is 9.67 Å². The van der Waals surface area contributed by atoms with Crippen molar-refractivity contribution in [2.75, 3.05) is 7.05 Å². The van der Waals surface area contributed by atoms with Gasteiger partial charge in [0.15, 0.2) is 0 Å². The highest BCUT2D eigenvalue weighted by Gasteiger charge is 2.16. The summed E-state index contributed by atoms with van der Waals surface area (Å²) >= 11 is 0. The summed E-state index contributed by atoms with van der Waals surface area (Å²) in [6.45, 7) is 6.12. The molecule has 0 aliphatic carbocycles. The summed E-state index contributed by atoms with van der Waals surface area (Å²) in [5.74, 6) is 0.955. The van der Waals surface area contributed by atoms with Crippen LogP contribution in [0.2, 0.25) is 0 Å². The van der Waals surface area contributed by atoms with Crippen molar-refractivity contribution in [2.45, 2.75) is 39.3 Å². The second kappa shape index (κ2) is 5.88. The van der Waals surface area contributed by atoms with Crippen molar-refractivity contribution in [3.05, 3.63) is 35.9 Å². The third kappa shape index (κ3) is 3.14. The molecule has 2 aromatic heterocycles. The van der Waals surface area contributed by atoms with Crippen LogP contribution in [0.1, 0.15) is 43.1 Å². The van der Waals surface area contributed by atoms with Gasteiger partial charge < -0.3 is 5.32 Å². The molecule has 6 heteroatoms. The Balaban J connectivity index is 2.19. The number of hydrogen-bond donors (Lipinski definition) is 1. The summed E-state index contributed by atoms with van der Waals surface area (Å²) in [5, 5.41) is 7.51. The first-order valence-corrected chi connectivity index (χ1v) is 6.46. The standard InChI is InChI=1S/C13H20N6/c1-9(2)19-13(17-8-18-19)5-11(14-4)12-7-15-10(3)6-16-12/h6-9,11,14H,5H2,1-4H3. The van der Waals surface area contributed by atoms with E-state index < -0.39 is 0 Å². The molecule has 1 N–H and O–H groups in total. The van der Waals surface area contributed by atoms with E-state index in [2.05, 4.69) is 39.2 Å². The van der Waals surface area contributed by atoms with E-state index in [-0.39, 0.29) is 6.04 Å². The highest BCUT2D eigenvalue weighted by Crippen LogP contribution is 2.16. The molecular weight excluding hydrogens is 240 g/mol. The van der Waals surface area contributed by atoms with Gasteiger partial charge in [-0.3, -0.25) is 9.97 Å². The van der Waals surface area contributed by atoms with Crippen LogP contribution < -0.4 is 5.32 Å². The zero-order valence-electron chi connectivity index (χ0n) is 11.8. The van der Waals surface area contributed by atoms with E-state index in [1.54, 1.807) is 12.5 Å². The Labute approximate surface area is 113 Å². The maximum absolute atomic E-state index is 4.42. The summed E-state index contributed by atoms with van der Waals surface area (Å²) < 4.78 is 1.94. The van der Waals surface area contributed by atoms with E-state index in [1.807, 2.05) is 24.9 Å². The lowest BCUT2D eigenvalue weighted by atomic mass is 10.1. The Kier molecular flexibility index (Phi) is 4.21. The van der Waals surface area contributed by atoms with Gasteiger partial charge in [0.1, 0.15) is 12.2 Å². The maximum Gasteiger partial charge on any atom is 0.138 e. The minimum atomic E-state index is 0.0924. The number of rotatable bonds is 5. The average molecular weight is 260 g/mol. The van der Waals surface area contributed by atoms with Crippen LogP contribution in [-0.4, -0.2) is 31.8 Å². The predicted molar refractivity (Wildman–Crippen MR) is 72.7 cm³/mol. The molecular formula is C13H20N6. The van der Waals surface area contributed by atoms with Gasteiger partial charge in [-0.15, -0.1) is 0 Å². The summed E-state index contributed by atoms with van der Waals surface area (Å²) in [5.41, 5.74) is 1.84. The van der Waals surface area contributed by atoms with Crippen LogP contribution in [0.25, 0.3) is 0 Å². The molecule has 0 spiro atoms. The van der Waals surface area contributed by atoms with Gasteiger partial charge in [0.2, 0.25) is 0 Å². The quantitative estimate of drug-likeness (QED) is 0.881. The molecule has 0 aliphatic heterocycles. The Hall–Kier alpha value is -1.82. The van der Waals surface area contributed by atoms with Crippen molar-refractivity contribution in [1.29, 1.82) is 0 Å². The van der Waals surface area contributed by atoms with E-state index in [9.17, 15) is 0 Å². The lowest BCUT2D eigenvalue weighted by molar-refractivity contribution is 0.473. The molecule has 2 aromatic rings. The topological polar surface area (TPSA) is 68.5 Å². The van der Waals surface area contributed by atoms with Gasteiger partial charge >= 0.3 is 0 Å². The summed E-state index contributed by atoms with van der Waals surface area (Å²) in [4.78, 5) is 13.0. The van der Waals surface area contributed by atoms with Gasteiger partial charge in [0.05, 0.1) is 23.6 Å². The van der Waals surface area contributed by atoms with Gasteiger partial charge in [-0.05, 0) is 27.8 Å². The van der Waals surface area contributed by atoms with E-state index >= 15 is 0 Å². The molecule has 1 atom stereocenters. The molecule has 0 saturated carbocycles. The van der Waals surface area contributed by atoms with Crippen molar-refractivity contribution in [2.24, 2.45) is 0 Å². The molecule has 0 saturated heterocycles. The molecule has 1 unspecified atom stereocenters. The number of hydrogen-bond acceptors (Lipinski definition) is 5. The second-order valence-corrected chi connectivity index (χ2v) is 4.84.